The van der Waals surface area contributed by atoms with Crippen LogP contribution in [0.25, 0.3) is 11.6 Å². The van der Waals surface area contributed by atoms with Gasteiger partial charge in [-0.2, -0.15) is 5.26 Å². The van der Waals surface area contributed by atoms with Crippen LogP contribution in [0.1, 0.15) is 23.6 Å². The first kappa shape index (κ1) is 22.9. The van der Waals surface area contributed by atoms with E-state index >= 15 is 0 Å². The van der Waals surface area contributed by atoms with E-state index in [1.807, 2.05) is 44.2 Å². The van der Waals surface area contributed by atoms with E-state index in [0.717, 1.165) is 16.7 Å². The first-order valence-corrected chi connectivity index (χ1v) is 10.5. The summed E-state index contributed by atoms with van der Waals surface area (Å²) in [6.45, 7) is 4.13. The lowest BCUT2D eigenvalue weighted by atomic mass is 10.0. The van der Waals surface area contributed by atoms with Crippen LogP contribution in [0.3, 0.4) is 0 Å². The number of ether oxygens (including phenoxy) is 2. The van der Waals surface area contributed by atoms with Gasteiger partial charge < -0.3 is 14.8 Å². The van der Waals surface area contributed by atoms with Crippen molar-refractivity contribution in [2.45, 2.75) is 13.8 Å². The fraction of sp³-hybridized carbons (Fsp3) is 0.154. The molecule has 3 aromatic rings. The standard InChI is InChI=1S/C26H23ClN2O3/c1-3-31-25-15-19(14-21(16-28)20-7-4-18(2)5-8-20)6-13-24(25)32-17-26(30)29-23-11-9-22(27)10-12-23/h4-15H,3,17H2,1-2H3,(H,29,30)/b21-14+. The molecule has 6 heteroatoms. The number of carbonyl (C=O) groups excluding carboxylic acids is 1. The summed E-state index contributed by atoms with van der Waals surface area (Å²) >= 11 is 5.86. The highest BCUT2D eigenvalue weighted by Crippen LogP contribution is 2.30. The van der Waals surface area contributed by atoms with Gasteiger partial charge in [-0.15, -0.1) is 0 Å². The minimum absolute atomic E-state index is 0.176. The van der Waals surface area contributed by atoms with Crippen molar-refractivity contribution in [3.63, 3.8) is 0 Å². The Labute approximate surface area is 192 Å². The maximum Gasteiger partial charge on any atom is 0.262 e. The number of rotatable bonds is 8. The van der Waals surface area contributed by atoms with Crippen LogP contribution in [0.5, 0.6) is 11.5 Å². The Morgan fingerprint density at radius 2 is 1.75 bits per heavy atom. The van der Waals surface area contributed by atoms with Crippen molar-refractivity contribution in [1.82, 2.24) is 0 Å². The Balaban J connectivity index is 1.73. The molecule has 0 atom stereocenters. The van der Waals surface area contributed by atoms with E-state index in [1.54, 1.807) is 42.5 Å². The first-order chi connectivity index (χ1) is 15.5. The quantitative estimate of drug-likeness (QED) is 0.334. The highest BCUT2D eigenvalue weighted by atomic mass is 35.5. The molecule has 0 saturated carbocycles. The zero-order valence-electron chi connectivity index (χ0n) is 17.9. The number of allylic oxidation sites excluding steroid dienone is 1. The summed E-state index contributed by atoms with van der Waals surface area (Å²) in [6.07, 6.45) is 1.80. The smallest absolute Gasteiger partial charge is 0.262 e. The number of aryl methyl sites for hydroxylation is 1. The molecule has 0 aliphatic heterocycles. The fourth-order valence-electron chi connectivity index (χ4n) is 2.96. The molecule has 0 saturated heterocycles. The highest BCUT2D eigenvalue weighted by Gasteiger charge is 2.10. The first-order valence-electron chi connectivity index (χ1n) is 10.1. The van der Waals surface area contributed by atoms with Crippen LogP contribution in [0.2, 0.25) is 5.02 Å². The Bertz CT molecular complexity index is 1150. The van der Waals surface area contributed by atoms with Gasteiger partial charge in [0.05, 0.1) is 18.2 Å². The molecule has 3 aromatic carbocycles. The van der Waals surface area contributed by atoms with Crippen LogP contribution >= 0.6 is 11.6 Å². The van der Waals surface area contributed by atoms with Crippen molar-refractivity contribution in [2.24, 2.45) is 0 Å². The van der Waals surface area contributed by atoms with Gasteiger partial charge >= 0.3 is 0 Å². The highest BCUT2D eigenvalue weighted by molar-refractivity contribution is 6.30. The van der Waals surface area contributed by atoms with Crippen LogP contribution in [0.4, 0.5) is 5.69 Å². The van der Waals surface area contributed by atoms with Crippen molar-refractivity contribution in [3.05, 3.63) is 88.4 Å². The lowest BCUT2D eigenvalue weighted by Crippen LogP contribution is -2.20. The van der Waals surface area contributed by atoms with Crippen LogP contribution in [-0.4, -0.2) is 19.1 Å². The Hall–Kier alpha value is -3.75. The van der Waals surface area contributed by atoms with Gasteiger partial charge in [-0.05, 0) is 67.4 Å². The summed E-state index contributed by atoms with van der Waals surface area (Å²) in [6, 6.07) is 22.2. The summed E-state index contributed by atoms with van der Waals surface area (Å²) in [7, 11) is 0. The average molecular weight is 447 g/mol. The molecular weight excluding hydrogens is 424 g/mol. The zero-order valence-corrected chi connectivity index (χ0v) is 18.6. The van der Waals surface area contributed by atoms with Crippen LogP contribution < -0.4 is 14.8 Å². The molecule has 0 radical (unpaired) electrons. The lowest BCUT2D eigenvalue weighted by Gasteiger charge is -2.13. The summed E-state index contributed by atoms with van der Waals surface area (Å²) in [4.78, 5) is 12.2. The maximum absolute atomic E-state index is 12.2. The summed E-state index contributed by atoms with van der Waals surface area (Å²) in [5, 5.41) is 12.9. The molecule has 3 rings (SSSR count). The second-order valence-corrected chi connectivity index (χ2v) is 7.46. The van der Waals surface area contributed by atoms with E-state index in [4.69, 9.17) is 21.1 Å². The second kappa shape index (κ2) is 11.0. The summed E-state index contributed by atoms with van der Waals surface area (Å²) < 4.78 is 11.4. The third-order valence-electron chi connectivity index (χ3n) is 4.55. The van der Waals surface area contributed by atoms with Gasteiger partial charge in [0.25, 0.3) is 5.91 Å². The minimum atomic E-state index is -0.301. The van der Waals surface area contributed by atoms with Crippen LogP contribution in [0.15, 0.2) is 66.7 Å². The number of nitrogens with one attached hydrogen (secondary N) is 1. The molecule has 162 valence electrons. The molecule has 5 nitrogen and oxygen atoms in total. The van der Waals surface area contributed by atoms with Gasteiger partial charge in [0.15, 0.2) is 18.1 Å². The van der Waals surface area contributed by atoms with E-state index in [1.165, 1.54) is 0 Å². The summed E-state index contributed by atoms with van der Waals surface area (Å²) in [5.41, 5.74) is 3.95. The predicted octanol–water partition coefficient (Wildman–Crippen LogP) is 6.13. The average Bonchev–Trinajstić information content (AvgIpc) is 2.79. The zero-order chi connectivity index (χ0) is 22.9. The molecular formula is C26H23ClN2O3. The molecule has 0 heterocycles. The predicted molar refractivity (Wildman–Crippen MR) is 128 cm³/mol. The van der Waals surface area contributed by atoms with Crippen LogP contribution in [0, 0.1) is 18.3 Å². The van der Waals surface area contributed by atoms with E-state index < -0.39 is 0 Å². The molecule has 0 spiro atoms. The van der Waals surface area contributed by atoms with E-state index in [9.17, 15) is 10.1 Å². The number of nitriles is 1. The fourth-order valence-corrected chi connectivity index (χ4v) is 3.08. The SMILES string of the molecule is CCOc1cc(/C=C(\C#N)c2ccc(C)cc2)ccc1OCC(=O)Nc1ccc(Cl)cc1. The number of halogens is 1. The molecule has 0 aromatic heterocycles. The Morgan fingerprint density at radius 3 is 2.41 bits per heavy atom. The number of nitrogens with zero attached hydrogens (tertiary/aromatic N) is 1. The Morgan fingerprint density at radius 1 is 1.03 bits per heavy atom. The van der Waals surface area contributed by atoms with Gasteiger partial charge in [0, 0.05) is 10.7 Å². The van der Waals surface area contributed by atoms with Crippen molar-refractivity contribution >= 4 is 34.8 Å². The molecule has 1 amide bonds. The number of benzene rings is 3. The van der Waals surface area contributed by atoms with Gasteiger partial charge in [0.2, 0.25) is 0 Å². The maximum atomic E-state index is 12.2. The lowest BCUT2D eigenvalue weighted by molar-refractivity contribution is -0.118. The third kappa shape index (κ3) is 6.37. The van der Waals surface area contributed by atoms with E-state index in [2.05, 4.69) is 11.4 Å². The molecule has 0 fully saturated rings. The second-order valence-electron chi connectivity index (χ2n) is 7.02. The Kier molecular flexibility index (Phi) is 7.91. The molecule has 32 heavy (non-hydrogen) atoms. The van der Waals surface area contributed by atoms with Crippen molar-refractivity contribution in [3.8, 4) is 17.6 Å². The number of carbonyl (C=O) groups is 1. The van der Waals surface area contributed by atoms with Gasteiger partial charge in [-0.1, -0.05) is 47.5 Å². The normalized spacial score (nSPS) is 10.9. The third-order valence-corrected chi connectivity index (χ3v) is 4.80. The van der Waals surface area contributed by atoms with Crippen molar-refractivity contribution < 1.29 is 14.3 Å². The van der Waals surface area contributed by atoms with Crippen LogP contribution in [-0.2, 0) is 4.79 Å². The van der Waals surface area contributed by atoms with Crippen molar-refractivity contribution in [2.75, 3.05) is 18.5 Å². The van der Waals surface area contributed by atoms with Gasteiger partial charge in [-0.3, -0.25) is 4.79 Å². The molecule has 0 bridgehead atoms. The monoisotopic (exact) mass is 446 g/mol. The topological polar surface area (TPSA) is 71.3 Å². The van der Waals surface area contributed by atoms with Gasteiger partial charge in [0.1, 0.15) is 0 Å². The summed E-state index contributed by atoms with van der Waals surface area (Å²) in [5.74, 6) is 0.649. The number of amides is 1. The van der Waals surface area contributed by atoms with E-state index in [0.29, 0.717) is 34.4 Å². The molecule has 0 unspecified atom stereocenters. The van der Waals surface area contributed by atoms with Crippen molar-refractivity contribution in [1.29, 1.82) is 5.26 Å². The number of hydrogen-bond donors (Lipinski definition) is 1. The molecule has 0 aliphatic rings. The number of hydrogen-bond acceptors (Lipinski definition) is 4. The molecule has 0 aliphatic carbocycles. The largest absolute Gasteiger partial charge is 0.490 e. The van der Waals surface area contributed by atoms with Gasteiger partial charge in [-0.25, -0.2) is 0 Å². The number of anilines is 1. The molecule has 1 N–H and O–H groups in total. The van der Waals surface area contributed by atoms with E-state index in [-0.39, 0.29) is 12.5 Å². The minimum Gasteiger partial charge on any atom is -0.490 e.